The quantitative estimate of drug-likeness (QED) is 0.690. The third-order valence-electron chi connectivity index (χ3n) is 2.26. The van der Waals surface area contributed by atoms with Crippen LogP contribution in [0.3, 0.4) is 0 Å². The second kappa shape index (κ2) is 5.18. The lowest BCUT2D eigenvalue weighted by Gasteiger charge is -2.06. The fourth-order valence-corrected chi connectivity index (χ4v) is 1.80. The Kier molecular flexibility index (Phi) is 3.61. The van der Waals surface area contributed by atoms with Crippen molar-refractivity contribution in [3.8, 4) is 0 Å². The van der Waals surface area contributed by atoms with E-state index in [1.54, 1.807) is 12.1 Å². The minimum absolute atomic E-state index is 0.143. The predicted molar refractivity (Wildman–Crippen MR) is 66.8 cm³/mol. The molecule has 18 heavy (non-hydrogen) atoms. The lowest BCUT2D eigenvalue weighted by molar-refractivity contribution is -0.384. The Morgan fingerprint density at radius 1 is 1.39 bits per heavy atom. The van der Waals surface area contributed by atoms with Crippen LogP contribution in [0.15, 0.2) is 39.4 Å². The summed E-state index contributed by atoms with van der Waals surface area (Å²) in [6.07, 6.45) is 0. The van der Waals surface area contributed by atoms with Crippen LogP contribution in [0.4, 0.5) is 15.8 Å². The molecule has 0 saturated heterocycles. The van der Waals surface area contributed by atoms with Crippen LogP contribution < -0.4 is 5.32 Å². The molecule has 0 aliphatic rings. The van der Waals surface area contributed by atoms with Gasteiger partial charge in [0.15, 0.2) is 10.5 Å². The summed E-state index contributed by atoms with van der Waals surface area (Å²) in [5, 5.41) is 13.4. The van der Waals surface area contributed by atoms with E-state index in [2.05, 4.69) is 21.2 Å². The molecule has 0 unspecified atom stereocenters. The fraction of sp³-hybridized carbons (Fsp3) is 0.0909. The topological polar surface area (TPSA) is 68.3 Å². The zero-order chi connectivity index (χ0) is 13.1. The monoisotopic (exact) mass is 314 g/mol. The van der Waals surface area contributed by atoms with Crippen LogP contribution in [-0.2, 0) is 6.54 Å². The molecule has 0 aliphatic carbocycles. The van der Waals surface area contributed by atoms with Crippen LogP contribution in [0.5, 0.6) is 0 Å². The Morgan fingerprint density at radius 2 is 2.17 bits per heavy atom. The standard InChI is InChI=1S/C11H8BrFN2O3/c12-10-5-4-7(18-10)6-14-11-8(13)2-1-3-9(11)15(16)17/h1-5,14H,6H2. The van der Waals surface area contributed by atoms with Gasteiger partial charge in [0.2, 0.25) is 0 Å². The first-order valence-electron chi connectivity index (χ1n) is 4.99. The van der Waals surface area contributed by atoms with Gasteiger partial charge in [0.1, 0.15) is 11.4 Å². The number of hydrogen-bond donors (Lipinski definition) is 1. The Bertz CT molecular complexity index is 585. The van der Waals surface area contributed by atoms with Crippen molar-refractivity contribution in [1.82, 2.24) is 0 Å². The fourth-order valence-electron chi connectivity index (χ4n) is 1.46. The smallest absolute Gasteiger partial charge is 0.295 e. The molecule has 94 valence electrons. The zero-order valence-corrected chi connectivity index (χ0v) is 10.6. The average Bonchev–Trinajstić information content (AvgIpc) is 2.73. The number of furan rings is 1. The van der Waals surface area contributed by atoms with Crippen molar-refractivity contribution in [1.29, 1.82) is 0 Å². The third kappa shape index (κ3) is 2.67. The van der Waals surface area contributed by atoms with E-state index < -0.39 is 10.7 Å². The van der Waals surface area contributed by atoms with Crippen molar-refractivity contribution in [2.45, 2.75) is 6.54 Å². The van der Waals surface area contributed by atoms with Gasteiger partial charge in [-0.05, 0) is 34.1 Å². The summed E-state index contributed by atoms with van der Waals surface area (Å²) in [6.45, 7) is 0.160. The second-order valence-electron chi connectivity index (χ2n) is 3.45. The number of rotatable bonds is 4. The van der Waals surface area contributed by atoms with Gasteiger partial charge >= 0.3 is 0 Å². The van der Waals surface area contributed by atoms with Crippen LogP contribution in [0.1, 0.15) is 5.76 Å². The van der Waals surface area contributed by atoms with Gasteiger partial charge in [0.25, 0.3) is 5.69 Å². The number of nitro benzene ring substituents is 1. The number of benzene rings is 1. The number of nitrogens with one attached hydrogen (secondary N) is 1. The number of halogens is 2. The van der Waals surface area contributed by atoms with Gasteiger partial charge in [0.05, 0.1) is 11.5 Å². The highest BCUT2D eigenvalue weighted by atomic mass is 79.9. The van der Waals surface area contributed by atoms with Crippen LogP contribution in [0.2, 0.25) is 0 Å². The number of nitro groups is 1. The summed E-state index contributed by atoms with van der Waals surface area (Å²) in [4.78, 5) is 10.1. The average molecular weight is 315 g/mol. The minimum Gasteiger partial charge on any atom is -0.452 e. The number of anilines is 1. The number of hydrogen-bond acceptors (Lipinski definition) is 4. The molecule has 7 heteroatoms. The van der Waals surface area contributed by atoms with E-state index in [0.29, 0.717) is 10.4 Å². The molecule has 0 atom stereocenters. The molecule has 0 saturated carbocycles. The Hall–Kier alpha value is -1.89. The third-order valence-corrected chi connectivity index (χ3v) is 2.68. The van der Waals surface area contributed by atoms with Gasteiger partial charge in [-0.3, -0.25) is 10.1 Å². The molecule has 0 fully saturated rings. The number of nitrogens with zero attached hydrogens (tertiary/aromatic N) is 1. The van der Waals surface area contributed by atoms with Gasteiger partial charge in [-0.15, -0.1) is 0 Å². The first-order chi connectivity index (χ1) is 8.58. The van der Waals surface area contributed by atoms with Crippen LogP contribution in [0, 0.1) is 15.9 Å². The molecule has 2 rings (SSSR count). The summed E-state index contributed by atoms with van der Waals surface area (Å²) in [5.74, 6) is -0.130. The highest BCUT2D eigenvalue weighted by molar-refractivity contribution is 9.10. The first-order valence-corrected chi connectivity index (χ1v) is 5.78. The van der Waals surface area contributed by atoms with E-state index in [9.17, 15) is 14.5 Å². The lowest BCUT2D eigenvalue weighted by atomic mass is 10.2. The predicted octanol–water partition coefficient (Wildman–Crippen LogP) is 3.70. The maximum Gasteiger partial charge on any atom is 0.295 e. The molecule has 0 spiro atoms. The Labute approximate surface area is 110 Å². The maximum atomic E-state index is 13.5. The van der Waals surface area contributed by atoms with Gasteiger partial charge in [0, 0.05) is 6.07 Å². The molecule has 5 nitrogen and oxygen atoms in total. The van der Waals surface area contributed by atoms with E-state index in [4.69, 9.17) is 4.42 Å². The zero-order valence-electron chi connectivity index (χ0n) is 9.02. The molecular weight excluding hydrogens is 307 g/mol. The van der Waals surface area contributed by atoms with Crippen molar-refractivity contribution >= 4 is 27.3 Å². The van der Waals surface area contributed by atoms with Crippen molar-refractivity contribution in [3.05, 3.63) is 56.7 Å². The van der Waals surface area contributed by atoms with Gasteiger partial charge in [-0.2, -0.15) is 0 Å². The van der Waals surface area contributed by atoms with Crippen molar-refractivity contribution in [2.75, 3.05) is 5.32 Å². The highest BCUT2D eigenvalue weighted by Gasteiger charge is 2.17. The van der Waals surface area contributed by atoms with Gasteiger partial charge in [-0.1, -0.05) is 6.07 Å². The molecule has 1 N–H and O–H groups in total. The molecule has 0 amide bonds. The van der Waals surface area contributed by atoms with Crippen molar-refractivity contribution in [2.24, 2.45) is 0 Å². The van der Waals surface area contributed by atoms with Crippen molar-refractivity contribution in [3.63, 3.8) is 0 Å². The molecule has 1 heterocycles. The Morgan fingerprint density at radius 3 is 2.78 bits per heavy atom. The first kappa shape index (κ1) is 12.6. The normalized spacial score (nSPS) is 10.3. The molecule has 1 aromatic heterocycles. The largest absolute Gasteiger partial charge is 0.452 e. The van der Waals surface area contributed by atoms with Gasteiger partial charge in [-0.25, -0.2) is 4.39 Å². The summed E-state index contributed by atoms with van der Waals surface area (Å²) < 4.78 is 19.3. The Balaban J connectivity index is 2.20. The van der Waals surface area contributed by atoms with E-state index in [1.165, 1.54) is 12.1 Å². The van der Waals surface area contributed by atoms with E-state index in [0.717, 1.165) is 6.07 Å². The summed E-state index contributed by atoms with van der Waals surface area (Å²) in [7, 11) is 0. The van der Waals surface area contributed by atoms with Crippen molar-refractivity contribution < 1.29 is 13.7 Å². The SMILES string of the molecule is O=[N+]([O-])c1cccc(F)c1NCc1ccc(Br)o1. The molecule has 0 bridgehead atoms. The molecule has 0 aliphatic heterocycles. The molecule has 0 radical (unpaired) electrons. The van der Waals surface area contributed by atoms with Gasteiger partial charge < -0.3 is 9.73 Å². The lowest BCUT2D eigenvalue weighted by Crippen LogP contribution is -2.04. The van der Waals surface area contributed by atoms with Crippen LogP contribution in [0.25, 0.3) is 0 Å². The van der Waals surface area contributed by atoms with E-state index in [-0.39, 0.29) is 17.9 Å². The van der Waals surface area contributed by atoms with Crippen LogP contribution >= 0.6 is 15.9 Å². The maximum absolute atomic E-state index is 13.5. The summed E-state index contributed by atoms with van der Waals surface area (Å²) in [5.41, 5.74) is -0.448. The molecule has 1 aromatic carbocycles. The van der Waals surface area contributed by atoms with E-state index >= 15 is 0 Å². The van der Waals surface area contributed by atoms with E-state index in [1.807, 2.05) is 0 Å². The highest BCUT2D eigenvalue weighted by Crippen LogP contribution is 2.27. The minimum atomic E-state index is -0.671. The molecule has 2 aromatic rings. The second-order valence-corrected chi connectivity index (χ2v) is 4.23. The van der Waals surface area contributed by atoms with Crippen LogP contribution in [-0.4, -0.2) is 4.92 Å². The number of para-hydroxylation sites is 1. The summed E-state index contributed by atoms with van der Waals surface area (Å²) >= 11 is 3.13. The molecular formula is C11H8BrFN2O3. The summed E-state index contributed by atoms with van der Waals surface area (Å²) in [6, 6.07) is 7.06.